The fraction of sp³-hybridized carbons (Fsp3) is 0.294. The molecule has 0 bridgehead atoms. The smallest absolute Gasteiger partial charge is 0.00979 e. The minimum atomic E-state index is 0.598. The number of hydrogen-bond acceptors (Lipinski definition) is 0. The van der Waals surface area contributed by atoms with Crippen molar-refractivity contribution in [1.29, 1.82) is 0 Å². The van der Waals surface area contributed by atoms with Crippen molar-refractivity contribution in [1.82, 2.24) is 0 Å². The summed E-state index contributed by atoms with van der Waals surface area (Å²) in [4.78, 5) is 0. The second-order valence-corrected chi connectivity index (χ2v) is 5.23. The summed E-state index contributed by atoms with van der Waals surface area (Å²) in [6.45, 7) is 4.53. The lowest BCUT2D eigenvalue weighted by Crippen LogP contribution is -1.96. The van der Waals surface area contributed by atoms with Crippen molar-refractivity contribution < 1.29 is 0 Å². The van der Waals surface area contributed by atoms with Crippen LogP contribution in [0.1, 0.15) is 47.4 Å². The predicted octanol–water partition coefficient (Wildman–Crippen LogP) is 4.63. The molecule has 2 atom stereocenters. The second kappa shape index (κ2) is 4.03. The van der Waals surface area contributed by atoms with E-state index < -0.39 is 0 Å². The van der Waals surface area contributed by atoms with Crippen LogP contribution in [0.25, 0.3) is 0 Å². The van der Waals surface area contributed by atoms with Gasteiger partial charge in [0.2, 0.25) is 0 Å². The molecule has 2 aromatic rings. The third kappa shape index (κ3) is 1.78. The Labute approximate surface area is 103 Å². The number of benzene rings is 2. The van der Waals surface area contributed by atoms with Gasteiger partial charge in [0.05, 0.1) is 0 Å². The van der Waals surface area contributed by atoms with Crippen LogP contribution < -0.4 is 0 Å². The van der Waals surface area contributed by atoms with E-state index in [0.29, 0.717) is 11.8 Å². The summed E-state index contributed by atoms with van der Waals surface area (Å²) in [7, 11) is 0. The topological polar surface area (TPSA) is 0 Å². The predicted molar refractivity (Wildman–Crippen MR) is 72.5 cm³/mol. The first kappa shape index (κ1) is 10.6. The SMILES string of the molecule is Cc1ccc2c(c1)C(c1ccccc1)CC2C. The molecule has 2 aromatic carbocycles. The monoisotopic (exact) mass is 222 g/mol. The fourth-order valence-electron chi connectivity index (χ4n) is 3.05. The lowest BCUT2D eigenvalue weighted by atomic mass is 9.92. The van der Waals surface area contributed by atoms with E-state index in [1.165, 1.54) is 17.5 Å². The van der Waals surface area contributed by atoms with Crippen molar-refractivity contribution in [3.63, 3.8) is 0 Å². The largest absolute Gasteiger partial charge is 0.0622 e. The van der Waals surface area contributed by atoms with E-state index in [0.717, 1.165) is 0 Å². The molecule has 0 fully saturated rings. The van der Waals surface area contributed by atoms with Gasteiger partial charge in [-0.05, 0) is 36.0 Å². The van der Waals surface area contributed by atoms with Gasteiger partial charge < -0.3 is 0 Å². The highest BCUT2D eigenvalue weighted by atomic mass is 14.3. The van der Waals surface area contributed by atoms with Crippen LogP contribution in [0.2, 0.25) is 0 Å². The van der Waals surface area contributed by atoms with Crippen molar-refractivity contribution >= 4 is 0 Å². The summed E-state index contributed by atoms with van der Waals surface area (Å²) in [5.41, 5.74) is 5.93. The molecular formula is C17H18. The molecule has 2 unspecified atom stereocenters. The van der Waals surface area contributed by atoms with Gasteiger partial charge in [0.1, 0.15) is 0 Å². The van der Waals surface area contributed by atoms with E-state index in [9.17, 15) is 0 Å². The van der Waals surface area contributed by atoms with E-state index in [1.54, 1.807) is 11.1 Å². The maximum absolute atomic E-state index is 2.37. The van der Waals surface area contributed by atoms with E-state index in [-0.39, 0.29) is 0 Å². The van der Waals surface area contributed by atoms with E-state index >= 15 is 0 Å². The maximum Gasteiger partial charge on any atom is 0.00979 e. The molecule has 1 aliphatic rings. The quantitative estimate of drug-likeness (QED) is 0.659. The first-order valence-electron chi connectivity index (χ1n) is 6.41. The van der Waals surface area contributed by atoms with Gasteiger partial charge >= 0.3 is 0 Å². The molecule has 1 aliphatic carbocycles. The fourth-order valence-corrected chi connectivity index (χ4v) is 3.05. The van der Waals surface area contributed by atoms with Crippen LogP contribution in [0.4, 0.5) is 0 Å². The molecule has 3 rings (SSSR count). The van der Waals surface area contributed by atoms with Gasteiger partial charge in [0.15, 0.2) is 0 Å². The third-order valence-corrected chi connectivity index (χ3v) is 3.94. The zero-order chi connectivity index (χ0) is 11.8. The summed E-state index contributed by atoms with van der Waals surface area (Å²) in [6, 6.07) is 17.8. The standard InChI is InChI=1S/C17H18/c1-12-8-9-15-13(2)11-16(17(15)10-12)14-6-4-3-5-7-14/h3-10,13,16H,11H2,1-2H3. The summed E-state index contributed by atoms with van der Waals surface area (Å²) in [5.74, 6) is 1.29. The molecule has 0 radical (unpaired) electrons. The molecule has 0 heterocycles. The summed E-state index contributed by atoms with van der Waals surface area (Å²) >= 11 is 0. The molecule has 0 N–H and O–H groups in total. The lowest BCUT2D eigenvalue weighted by molar-refractivity contribution is 0.686. The highest BCUT2D eigenvalue weighted by Gasteiger charge is 2.28. The van der Waals surface area contributed by atoms with Crippen LogP contribution in [0.3, 0.4) is 0 Å². The molecule has 0 heteroatoms. The molecule has 0 aliphatic heterocycles. The molecule has 0 spiro atoms. The molecule has 0 amide bonds. The van der Waals surface area contributed by atoms with Gasteiger partial charge in [-0.15, -0.1) is 0 Å². The Kier molecular flexibility index (Phi) is 2.51. The number of fused-ring (bicyclic) bond motifs is 1. The Morgan fingerprint density at radius 2 is 1.71 bits per heavy atom. The van der Waals surface area contributed by atoms with Crippen LogP contribution in [-0.2, 0) is 0 Å². The van der Waals surface area contributed by atoms with Crippen LogP contribution >= 0.6 is 0 Å². The van der Waals surface area contributed by atoms with Gasteiger partial charge in [-0.2, -0.15) is 0 Å². The average molecular weight is 222 g/mol. The number of hydrogen-bond donors (Lipinski definition) is 0. The Balaban J connectivity index is 2.09. The van der Waals surface area contributed by atoms with Crippen LogP contribution in [-0.4, -0.2) is 0 Å². The third-order valence-electron chi connectivity index (χ3n) is 3.94. The number of rotatable bonds is 1. The minimum Gasteiger partial charge on any atom is -0.0622 e. The number of aryl methyl sites for hydroxylation is 1. The summed E-state index contributed by atoms with van der Waals surface area (Å²) in [5, 5.41) is 0. The molecule has 0 nitrogen and oxygen atoms in total. The van der Waals surface area contributed by atoms with Crippen molar-refractivity contribution in [2.45, 2.75) is 32.1 Å². The van der Waals surface area contributed by atoms with Crippen molar-refractivity contribution in [2.75, 3.05) is 0 Å². The zero-order valence-corrected chi connectivity index (χ0v) is 10.5. The molecule has 0 aromatic heterocycles. The Hall–Kier alpha value is -1.56. The minimum absolute atomic E-state index is 0.598. The lowest BCUT2D eigenvalue weighted by Gasteiger charge is -2.12. The Morgan fingerprint density at radius 3 is 2.47 bits per heavy atom. The summed E-state index contributed by atoms with van der Waals surface area (Å²) < 4.78 is 0. The van der Waals surface area contributed by atoms with Gasteiger partial charge in [-0.25, -0.2) is 0 Å². The van der Waals surface area contributed by atoms with Crippen LogP contribution in [0, 0.1) is 6.92 Å². The highest BCUT2D eigenvalue weighted by molar-refractivity contribution is 5.46. The van der Waals surface area contributed by atoms with Crippen molar-refractivity contribution in [2.24, 2.45) is 0 Å². The summed E-state index contributed by atoms with van der Waals surface area (Å²) in [6.07, 6.45) is 1.25. The first-order chi connectivity index (χ1) is 8.25. The molecular weight excluding hydrogens is 204 g/mol. The van der Waals surface area contributed by atoms with Crippen LogP contribution in [0.5, 0.6) is 0 Å². The molecule has 0 saturated heterocycles. The van der Waals surface area contributed by atoms with Gasteiger partial charge in [0, 0.05) is 5.92 Å². The Morgan fingerprint density at radius 1 is 0.941 bits per heavy atom. The second-order valence-electron chi connectivity index (χ2n) is 5.23. The van der Waals surface area contributed by atoms with E-state index in [1.807, 2.05) is 0 Å². The zero-order valence-electron chi connectivity index (χ0n) is 10.5. The van der Waals surface area contributed by atoms with Gasteiger partial charge in [-0.3, -0.25) is 0 Å². The molecule has 0 saturated carbocycles. The first-order valence-corrected chi connectivity index (χ1v) is 6.41. The van der Waals surface area contributed by atoms with Crippen molar-refractivity contribution in [3.8, 4) is 0 Å². The normalized spacial score (nSPS) is 22.5. The van der Waals surface area contributed by atoms with Gasteiger partial charge in [0.25, 0.3) is 0 Å². The highest BCUT2D eigenvalue weighted by Crippen LogP contribution is 2.45. The van der Waals surface area contributed by atoms with Gasteiger partial charge in [-0.1, -0.05) is 61.0 Å². The Bertz CT molecular complexity index is 525. The van der Waals surface area contributed by atoms with Crippen molar-refractivity contribution in [3.05, 3.63) is 70.8 Å². The molecule has 17 heavy (non-hydrogen) atoms. The van der Waals surface area contributed by atoms with E-state index in [4.69, 9.17) is 0 Å². The average Bonchev–Trinajstić information content (AvgIpc) is 2.67. The maximum atomic E-state index is 2.37. The van der Waals surface area contributed by atoms with E-state index in [2.05, 4.69) is 62.4 Å². The van der Waals surface area contributed by atoms with Crippen LogP contribution in [0.15, 0.2) is 48.5 Å². The molecule has 86 valence electrons.